The average Bonchev–Trinajstić information content (AvgIpc) is 2.62. The second-order valence-corrected chi connectivity index (χ2v) is 5.35. The Hall–Kier alpha value is -3.54. The molecule has 0 bridgehead atoms. The standard InChI is InChI=1S/C19H15N3O3/c1-12-20-18(22-19(25)21-12)15(16(23)13-8-4-2-5-9-13)17(24)14-10-6-3-7-11-14/h2-11,23H,1H3,(H,20,21,22,25). The Morgan fingerprint density at radius 3 is 2.04 bits per heavy atom. The number of H-pyrrole nitrogens is 1. The Labute approximate surface area is 143 Å². The molecule has 0 amide bonds. The SMILES string of the molecule is Cc1nc(C(C(=O)c2ccccc2)=C(O)c2ccccc2)nc(=O)[nH]1. The number of nitrogens with one attached hydrogen (secondary N) is 1. The number of carbonyl (C=O) groups is 1. The molecule has 0 spiro atoms. The summed E-state index contributed by atoms with van der Waals surface area (Å²) in [6.07, 6.45) is 0. The first-order chi connectivity index (χ1) is 12.1. The fourth-order valence-corrected chi connectivity index (χ4v) is 2.39. The van der Waals surface area contributed by atoms with Gasteiger partial charge in [0.1, 0.15) is 17.2 Å². The number of hydrogen-bond acceptors (Lipinski definition) is 5. The normalized spacial score (nSPS) is 11.7. The first kappa shape index (κ1) is 16.3. The van der Waals surface area contributed by atoms with E-state index in [9.17, 15) is 14.7 Å². The molecule has 3 aromatic rings. The Morgan fingerprint density at radius 1 is 0.920 bits per heavy atom. The van der Waals surface area contributed by atoms with E-state index in [-0.39, 0.29) is 17.2 Å². The van der Waals surface area contributed by atoms with Crippen molar-refractivity contribution in [3.8, 4) is 0 Å². The number of benzene rings is 2. The number of ketones is 1. The van der Waals surface area contributed by atoms with E-state index < -0.39 is 11.5 Å². The maximum absolute atomic E-state index is 13.0. The second-order valence-electron chi connectivity index (χ2n) is 5.35. The van der Waals surface area contributed by atoms with E-state index in [0.717, 1.165) is 0 Å². The molecular formula is C19H15N3O3. The van der Waals surface area contributed by atoms with E-state index in [1.54, 1.807) is 67.6 Å². The van der Waals surface area contributed by atoms with Gasteiger partial charge in [-0.05, 0) is 6.92 Å². The van der Waals surface area contributed by atoms with E-state index in [0.29, 0.717) is 17.0 Å². The molecule has 3 rings (SSSR count). The number of Topliss-reactive ketones (excluding diaryl/α,β-unsaturated/α-hetero) is 1. The van der Waals surface area contributed by atoms with Gasteiger partial charge in [-0.15, -0.1) is 0 Å². The number of aryl methyl sites for hydroxylation is 1. The Balaban J connectivity index is 2.25. The lowest BCUT2D eigenvalue weighted by Gasteiger charge is -2.10. The lowest BCUT2D eigenvalue weighted by atomic mass is 9.98. The average molecular weight is 333 g/mol. The fourth-order valence-electron chi connectivity index (χ4n) is 2.39. The van der Waals surface area contributed by atoms with Crippen molar-refractivity contribution < 1.29 is 9.90 Å². The molecule has 124 valence electrons. The molecule has 6 heteroatoms. The topological polar surface area (TPSA) is 95.9 Å². The van der Waals surface area contributed by atoms with Crippen molar-refractivity contribution in [2.24, 2.45) is 0 Å². The van der Waals surface area contributed by atoms with Gasteiger partial charge in [-0.2, -0.15) is 4.98 Å². The smallest absolute Gasteiger partial charge is 0.348 e. The molecule has 6 nitrogen and oxygen atoms in total. The van der Waals surface area contributed by atoms with Crippen molar-refractivity contribution in [1.29, 1.82) is 0 Å². The third-order valence-electron chi connectivity index (χ3n) is 3.54. The third kappa shape index (κ3) is 3.53. The number of allylic oxidation sites excluding steroid dienone is 1. The maximum atomic E-state index is 13.0. The lowest BCUT2D eigenvalue weighted by molar-refractivity contribution is 0.105. The van der Waals surface area contributed by atoms with Crippen LogP contribution in [0.15, 0.2) is 65.5 Å². The molecule has 0 unspecified atom stereocenters. The predicted octanol–water partition coefficient (Wildman–Crippen LogP) is 2.78. The van der Waals surface area contributed by atoms with Gasteiger partial charge in [-0.25, -0.2) is 9.78 Å². The van der Waals surface area contributed by atoms with Gasteiger partial charge in [0.25, 0.3) is 0 Å². The first-order valence-corrected chi connectivity index (χ1v) is 7.60. The second kappa shape index (κ2) is 6.92. The zero-order valence-electron chi connectivity index (χ0n) is 13.4. The minimum Gasteiger partial charge on any atom is -0.506 e. The highest BCUT2D eigenvalue weighted by Gasteiger charge is 2.23. The van der Waals surface area contributed by atoms with Gasteiger partial charge >= 0.3 is 5.69 Å². The molecule has 1 aromatic heterocycles. The zero-order chi connectivity index (χ0) is 17.8. The largest absolute Gasteiger partial charge is 0.506 e. The molecule has 0 saturated heterocycles. The summed E-state index contributed by atoms with van der Waals surface area (Å²) in [5, 5.41) is 10.7. The van der Waals surface area contributed by atoms with Crippen molar-refractivity contribution in [1.82, 2.24) is 15.0 Å². The van der Waals surface area contributed by atoms with E-state index in [4.69, 9.17) is 0 Å². The van der Waals surface area contributed by atoms with Crippen molar-refractivity contribution >= 4 is 17.1 Å². The van der Waals surface area contributed by atoms with E-state index in [1.165, 1.54) is 0 Å². The molecule has 0 aliphatic rings. The zero-order valence-corrected chi connectivity index (χ0v) is 13.4. The lowest BCUT2D eigenvalue weighted by Crippen LogP contribution is -2.19. The minimum atomic E-state index is -0.637. The number of aliphatic hydroxyl groups excluding tert-OH is 1. The van der Waals surface area contributed by atoms with Crippen molar-refractivity contribution in [3.05, 3.63) is 93.9 Å². The highest BCUT2D eigenvalue weighted by molar-refractivity contribution is 6.32. The molecule has 2 aromatic carbocycles. The first-order valence-electron chi connectivity index (χ1n) is 7.60. The number of aromatic amines is 1. The molecule has 0 fully saturated rings. The molecule has 0 atom stereocenters. The van der Waals surface area contributed by atoms with Gasteiger partial charge in [0.2, 0.25) is 5.78 Å². The molecule has 1 heterocycles. The number of carbonyl (C=O) groups excluding carboxylic acids is 1. The van der Waals surface area contributed by atoms with E-state index >= 15 is 0 Å². The van der Waals surface area contributed by atoms with Crippen LogP contribution in [0.25, 0.3) is 11.3 Å². The van der Waals surface area contributed by atoms with Crippen LogP contribution in [0, 0.1) is 6.92 Å². The molecule has 0 saturated carbocycles. The third-order valence-corrected chi connectivity index (χ3v) is 3.54. The number of nitrogens with zero attached hydrogens (tertiary/aromatic N) is 2. The highest BCUT2D eigenvalue weighted by atomic mass is 16.3. The van der Waals surface area contributed by atoms with Gasteiger partial charge in [-0.1, -0.05) is 60.7 Å². The minimum absolute atomic E-state index is 0.114. The fraction of sp³-hybridized carbons (Fsp3) is 0.0526. The molecule has 25 heavy (non-hydrogen) atoms. The molecular weight excluding hydrogens is 318 g/mol. The van der Waals surface area contributed by atoms with Crippen molar-refractivity contribution in [3.63, 3.8) is 0 Å². The van der Waals surface area contributed by atoms with Crippen LogP contribution in [-0.4, -0.2) is 25.8 Å². The van der Waals surface area contributed by atoms with Crippen LogP contribution in [0.4, 0.5) is 0 Å². The molecule has 0 radical (unpaired) electrons. The Morgan fingerprint density at radius 2 is 1.48 bits per heavy atom. The number of aliphatic hydroxyl groups is 1. The summed E-state index contributed by atoms with van der Waals surface area (Å²) in [4.78, 5) is 35.0. The van der Waals surface area contributed by atoms with Crippen LogP contribution in [-0.2, 0) is 0 Å². The van der Waals surface area contributed by atoms with Crippen molar-refractivity contribution in [2.45, 2.75) is 6.92 Å². The van der Waals surface area contributed by atoms with Crippen LogP contribution in [0.3, 0.4) is 0 Å². The predicted molar refractivity (Wildman–Crippen MR) is 94.0 cm³/mol. The summed E-state index contributed by atoms with van der Waals surface area (Å²) < 4.78 is 0. The van der Waals surface area contributed by atoms with E-state index in [1.807, 2.05) is 0 Å². The monoisotopic (exact) mass is 333 g/mol. The molecule has 0 aliphatic carbocycles. The van der Waals surface area contributed by atoms with Crippen LogP contribution in [0.2, 0.25) is 0 Å². The van der Waals surface area contributed by atoms with Gasteiger partial charge in [-0.3, -0.25) is 9.78 Å². The van der Waals surface area contributed by atoms with Crippen LogP contribution >= 0.6 is 0 Å². The summed E-state index contributed by atoms with van der Waals surface area (Å²) in [5.41, 5.74) is 0.0400. The number of hydrogen-bond donors (Lipinski definition) is 2. The summed E-state index contributed by atoms with van der Waals surface area (Å²) in [6.45, 7) is 1.58. The Bertz CT molecular complexity index is 993. The molecule has 0 aliphatic heterocycles. The molecule has 2 N–H and O–H groups in total. The maximum Gasteiger partial charge on any atom is 0.348 e. The summed E-state index contributed by atoms with van der Waals surface area (Å²) in [7, 11) is 0. The van der Waals surface area contributed by atoms with Gasteiger partial charge in [0.05, 0.1) is 0 Å². The summed E-state index contributed by atoms with van der Waals surface area (Å²) in [6, 6.07) is 17.1. The van der Waals surface area contributed by atoms with Crippen molar-refractivity contribution in [2.75, 3.05) is 0 Å². The van der Waals surface area contributed by atoms with Gasteiger partial charge in [0, 0.05) is 11.1 Å². The quantitative estimate of drug-likeness (QED) is 0.435. The van der Waals surface area contributed by atoms with Crippen LogP contribution < -0.4 is 5.69 Å². The summed E-state index contributed by atoms with van der Waals surface area (Å²) >= 11 is 0. The number of aromatic nitrogens is 3. The van der Waals surface area contributed by atoms with E-state index in [2.05, 4.69) is 15.0 Å². The Kier molecular flexibility index (Phi) is 4.52. The van der Waals surface area contributed by atoms with Gasteiger partial charge < -0.3 is 5.11 Å². The highest BCUT2D eigenvalue weighted by Crippen LogP contribution is 2.25. The van der Waals surface area contributed by atoms with Crippen LogP contribution in [0.5, 0.6) is 0 Å². The summed E-state index contributed by atoms with van der Waals surface area (Å²) in [5.74, 6) is -0.558. The van der Waals surface area contributed by atoms with Gasteiger partial charge in [0.15, 0.2) is 5.82 Å². The number of rotatable bonds is 4. The van der Waals surface area contributed by atoms with Crippen LogP contribution in [0.1, 0.15) is 27.6 Å².